The lowest BCUT2D eigenvalue weighted by Crippen LogP contribution is -2.75. The van der Waals surface area contributed by atoms with Crippen molar-refractivity contribution >= 4 is 145 Å². The molecule has 0 fully saturated rings. The summed E-state index contributed by atoms with van der Waals surface area (Å²) in [6.07, 6.45) is 0. The molecule has 0 bridgehead atoms. The molecule has 8 heteroatoms. The second-order valence-corrected chi connectivity index (χ2v) is 36.4. The molecule has 22 rings (SSSR count). The van der Waals surface area contributed by atoms with Crippen LogP contribution < -0.4 is 88.7 Å². The van der Waals surface area contributed by atoms with Gasteiger partial charge in [0, 0.05) is 67.5 Å². The molecule has 104 heavy (non-hydrogen) atoms. The van der Waals surface area contributed by atoms with Gasteiger partial charge in [-0.1, -0.05) is 352 Å². The van der Waals surface area contributed by atoms with Crippen molar-refractivity contribution in [2.24, 2.45) is 0 Å². The van der Waals surface area contributed by atoms with Gasteiger partial charge >= 0.3 is 20.5 Å². The average Bonchev–Trinajstić information content (AvgIpc) is 0.704. The number of para-hydroxylation sites is 3. The van der Waals surface area contributed by atoms with Crippen LogP contribution in [-0.4, -0.2) is 36.7 Å². The molecule has 0 spiro atoms. The second-order valence-electron chi connectivity index (χ2n) is 28.8. The van der Waals surface area contributed by atoms with E-state index >= 15 is 0 Å². The molecule has 0 atom stereocenters. The van der Waals surface area contributed by atoms with E-state index in [1.807, 2.05) is 0 Å². The van der Waals surface area contributed by atoms with Crippen LogP contribution in [0.1, 0.15) is 0 Å². The normalized spacial score (nSPS) is 13.5. The van der Waals surface area contributed by atoms with E-state index in [1.54, 1.807) is 0 Å². The standard InChI is InChI=1S/C96H64B3N3Si2/c1-5-29-65(30-6-1)103(66-31-7-2-8-32-66,70-55-59-94-83(62-70)76-40-16-24-48-88(76)97-85-45-21-13-37-73(85)79-43-19-27-51-92(79)101(94)97)71-56-60-95-84(63-71)77-41-17-25-49-89(77)98-87-47-23-15-39-75(87)81-57-53-72(64-96(81)102(95)98)104(67-33-9-3-10-34-67,68-35-11-4-12-36-68)69-54-58-90-82(61-69)80-44-20-28-52-93(80)100-91-50-26-18-42-78(91)74-38-14-22-46-86(74)99(90)100/h1-64H. The van der Waals surface area contributed by atoms with Gasteiger partial charge in [-0.25, -0.2) is 0 Å². The summed E-state index contributed by atoms with van der Waals surface area (Å²) < 4.78 is 0. The summed E-state index contributed by atoms with van der Waals surface area (Å²) in [7, 11) is -6.55. The highest BCUT2D eigenvalue weighted by Gasteiger charge is 2.51. The van der Waals surface area contributed by atoms with Crippen molar-refractivity contribution in [3.8, 4) is 66.8 Å². The third-order valence-electron chi connectivity index (χ3n) is 24.0. The fourth-order valence-electron chi connectivity index (χ4n) is 19.8. The number of rotatable bonds is 8. The summed E-state index contributed by atoms with van der Waals surface area (Å²) in [5.74, 6) is 0. The van der Waals surface area contributed by atoms with E-state index in [0.717, 1.165) is 0 Å². The van der Waals surface area contributed by atoms with Crippen molar-refractivity contribution in [1.82, 2.24) is 0 Å². The lowest BCUT2D eigenvalue weighted by atomic mass is 9.43. The van der Waals surface area contributed by atoms with Gasteiger partial charge in [-0.05, 0) is 144 Å². The zero-order valence-electron chi connectivity index (χ0n) is 57.0. The lowest BCUT2D eigenvalue weighted by molar-refractivity contribution is 1.35. The molecule has 16 aromatic carbocycles. The molecule has 16 aromatic rings. The van der Waals surface area contributed by atoms with Crippen LogP contribution in [0.15, 0.2) is 388 Å². The topological polar surface area (TPSA) is 9.72 Å². The Morgan fingerprint density at radius 2 is 0.375 bits per heavy atom. The number of hydrogen-bond donors (Lipinski definition) is 0. The highest BCUT2D eigenvalue weighted by atomic mass is 28.3. The molecule has 6 aliphatic rings. The molecule has 3 nitrogen and oxygen atoms in total. The van der Waals surface area contributed by atoms with Crippen molar-refractivity contribution in [1.29, 1.82) is 0 Å². The zero-order chi connectivity index (χ0) is 68.2. The fraction of sp³-hybridized carbons (Fsp3) is 0. The van der Waals surface area contributed by atoms with Crippen LogP contribution in [0.3, 0.4) is 0 Å². The highest BCUT2D eigenvalue weighted by Crippen LogP contribution is 2.50. The Morgan fingerprint density at radius 1 is 0.144 bits per heavy atom. The van der Waals surface area contributed by atoms with Crippen LogP contribution in [0.2, 0.25) is 0 Å². The summed E-state index contributed by atoms with van der Waals surface area (Å²) in [5.41, 5.74) is 30.6. The molecule has 0 radical (unpaired) electrons. The van der Waals surface area contributed by atoms with E-state index in [1.165, 1.54) is 175 Å². The predicted octanol–water partition coefficient (Wildman–Crippen LogP) is 13.2. The highest BCUT2D eigenvalue weighted by molar-refractivity contribution is 7.21. The van der Waals surface area contributed by atoms with E-state index in [2.05, 4.69) is 403 Å². The van der Waals surface area contributed by atoms with Crippen LogP contribution in [0, 0.1) is 0 Å². The molecular formula is C96H64B3N3Si2. The minimum Gasteiger partial charge on any atom is -0.376 e. The molecule has 0 aliphatic carbocycles. The molecule has 0 saturated carbocycles. The first-order valence-electron chi connectivity index (χ1n) is 36.6. The van der Waals surface area contributed by atoms with Gasteiger partial charge in [-0.3, -0.25) is 0 Å². The van der Waals surface area contributed by atoms with E-state index in [0.29, 0.717) is 0 Å². The Balaban J connectivity index is 0.769. The zero-order valence-corrected chi connectivity index (χ0v) is 59.0. The van der Waals surface area contributed by atoms with Crippen molar-refractivity contribution in [3.63, 3.8) is 0 Å². The molecule has 0 amide bonds. The summed E-state index contributed by atoms with van der Waals surface area (Å²) in [6, 6.07) is 150. The van der Waals surface area contributed by atoms with Gasteiger partial charge in [0.1, 0.15) is 0 Å². The monoisotopic (exact) mass is 1350 g/mol. The van der Waals surface area contributed by atoms with Crippen LogP contribution in [0.4, 0.5) is 34.1 Å². The summed E-state index contributed by atoms with van der Waals surface area (Å²) in [5, 5.41) is 10.7. The van der Waals surface area contributed by atoms with Crippen LogP contribution in [0.5, 0.6) is 0 Å². The minimum atomic E-state index is -3.28. The molecule has 480 valence electrons. The predicted molar refractivity (Wildman–Crippen MR) is 447 cm³/mol. The fourth-order valence-corrected chi connectivity index (χ4v) is 29.3. The Morgan fingerprint density at radius 3 is 0.740 bits per heavy atom. The maximum absolute atomic E-state index is 3.28. The van der Waals surface area contributed by atoms with Crippen molar-refractivity contribution < 1.29 is 0 Å². The lowest BCUT2D eigenvalue weighted by Gasteiger charge is -2.45. The van der Waals surface area contributed by atoms with Gasteiger partial charge in [-0.2, -0.15) is 0 Å². The van der Waals surface area contributed by atoms with Gasteiger partial charge in [0.05, 0.1) is 0 Å². The molecule has 0 aromatic heterocycles. The molecule has 0 saturated heterocycles. The van der Waals surface area contributed by atoms with E-state index in [9.17, 15) is 0 Å². The Bertz CT molecular complexity index is 6130. The molecule has 6 aliphatic heterocycles. The van der Waals surface area contributed by atoms with Gasteiger partial charge in [-0.15, -0.1) is 0 Å². The minimum absolute atomic E-state index is 0.0165. The Labute approximate surface area is 610 Å². The average molecular weight is 1350 g/mol. The first-order valence-corrected chi connectivity index (χ1v) is 40.6. The number of nitrogens with zero attached hydrogens (tertiary/aromatic N) is 3. The molecule has 0 unspecified atom stereocenters. The second kappa shape index (κ2) is 23.0. The largest absolute Gasteiger partial charge is 0.376 e. The van der Waals surface area contributed by atoms with Crippen LogP contribution >= 0.6 is 0 Å². The number of anilines is 6. The van der Waals surface area contributed by atoms with Gasteiger partial charge in [0.2, 0.25) is 0 Å². The smallest absolute Gasteiger partial charge is 0.329 e. The van der Waals surface area contributed by atoms with Gasteiger partial charge in [0.25, 0.3) is 0 Å². The van der Waals surface area contributed by atoms with Gasteiger partial charge < -0.3 is 14.4 Å². The summed E-state index contributed by atoms with van der Waals surface area (Å²) in [4.78, 5) is 8.01. The quantitative estimate of drug-likeness (QED) is 0.111. The third-order valence-corrected chi connectivity index (χ3v) is 33.5. The Kier molecular flexibility index (Phi) is 13.1. The number of hydrogen-bond acceptors (Lipinski definition) is 3. The van der Waals surface area contributed by atoms with Crippen molar-refractivity contribution in [2.75, 3.05) is 14.4 Å². The molecule has 0 N–H and O–H groups in total. The van der Waals surface area contributed by atoms with Gasteiger partial charge in [0.15, 0.2) is 16.1 Å². The molecule has 6 heterocycles. The third kappa shape index (κ3) is 8.26. The van der Waals surface area contributed by atoms with E-state index in [4.69, 9.17) is 0 Å². The summed E-state index contributed by atoms with van der Waals surface area (Å²) >= 11 is 0. The van der Waals surface area contributed by atoms with Crippen molar-refractivity contribution in [3.05, 3.63) is 388 Å². The maximum Gasteiger partial charge on any atom is 0.329 e. The molecular weight excluding hydrogens is 1280 g/mol. The summed E-state index contributed by atoms with van der Waals surface area (Å²) in [6.45, 7) is -0.105. The SMILES string of the molecule is c1ccc([Si](c2ccccc2)(c2ccc3c(c2)-c2ccccc2B2c4ccccc4-c4ccccc4N23)c2ccc3c(c2)-c2ccccc2B2c4ccccc4-c4ccc([Si](c5ccccc5)(c5ccccc5)c5ccc6c(c5)-c5ccccc5N5B6c6ccccc6-c6ccccc65)cc4N23)cc1. The van der Waals surface area contributed by atoms with Crippen LogP contribution in [0.25, 0.3) is 66.8 Å². The number of benzene rings is 16. The van der Waals surface area contributed by atoms with Crippen molar-refractivity contribution in [2.45, 2.75) is 0 Å². The first-order chi connectivity index (χ1) is 51.6. The van der Waals surface area contributed by atoms with E-state index < -0.39 is 16.1 Å². The first kappa shape index (κ1) is 59.3. The maximum atomic E-state index is 2.75. The number of fused-ring (bicyclic) bond motifs is 33. The van der Waals surface area contributed by atoms with Crippen LogP contribution in [-0.2, 0) is 0 Å². The Hall–Kier alpha value is -12.5. The van der Waals surface area contributed by atoms with E-state index in [-0.39, 0.29) is 20.5 Å².